The Morgan fingerprint density at radius 2 is 1.82 bits per heavy atom. The highest BCUT2D eigenvalue weighted by atomic mass is 35.5. The topological polar surface area (TPSA) is 35.6 Å². The summed E-state index contributed by atoms with van der Waals surface area (Å²) in [6.07, 6.45) is 7.56. The predicted octanol–water partition coefficient (Wildman–Crippen LogP) is 2.27. The lowest BCUT2D eigenvalue weighted by Gasteiger charge is -2.40. The molecule has 3 aliphatic heterocycles. The summed E-state index contributed by atoms with van der Waals surface area (Å²) >= 11 is 0. The number of piperidine rings is 2. The Hall–Kier alpha value is -0.320. The van der Waals surface area contributed by atoms with Gasteiger partial charge in [-0.1, -0.05) is 20.3 Å². The maximum atomic E-state index is 12.9. The van der Waals surface area contributed by atoms with Crippen molar-refractivity contribution in [2.45, 2.75) is 64.5 Å². The highest BCUT2D eigenvalue weighted by Crippen LogP contribution is 2.32. The highest BCUT2D eigenvalue weighted by molar-refractivity contribution is 5.85. The minimum atomic E-state index is 0. The molecule has 0 saturated carbocycles. The Kier molecular flexibility index (Phi) is 6.14. The van der Waals surface area contributed by atoms with Gasteiger partial charge in [0.05, 0.1) is 6.04 Å². The van der Waals surface area contributed by atoms with Crippen LogP contribution in [0, 0.1) is 5.41 Å². The van der Waals surface area contributed by atoms with Gasteiger partial charge in [-0.2, -0.15) is 0 Å². The molecule has 1 N–H and O–H groups in total. The summed E-state index contributed by atoms with van der Waals surface area (Å²) in [7, 11) is 0. The summed E-state index contributed by atoms with van der Waals surface area (Å²) in [5.41, 5.74) is 0.0958. The summed E-state index contributed by atoms with van der Waals surface area (Å²) in [6.45, 7) is 9.84. The predicted molar refractivity (Wildman–Crippen MR) is 92.5 cm³/mol. The van der Waals surface area contributed by atoms with E-state index in [2.05, 4.69) is 29.0 Å². The van der Waals surface area contributed by atoms with Crippen molar-refractivity contribution in [3.8, 4) is 0 Å². The van der Waals surface area contributed by atoms with Gasteiger partial charge in [0.25, 0.3) is 0 Å². The average Bonchev–Trinajstić information content (AvgIpc) is 2.97. The second-order valence-electron chi connectivity index (χ2n) is 7.80. The Morgan fingerprint density at radius 3 is 2.50 bits per heavy atom. The average molecular weight is 330 g/mol. The van der Waals surface area contributed by atoms with Crippen LogP contribution in [0.25, 0.3) is 0 Å². The van der Waals surface area contributed by atoms with Crippen LogP contribution >= 0.6 is 12.4 Å². The molecule has 4 nitrogen and oxygen atoms in total. The molecule has 0 bridgehead atoms. The molecule has 0 spiro atoms. The minimum Gasteiger partial charge on any atom is -0.340 e. The van der Waals surface area contributed by atoms with Crippen LogP contribution < -0.4 is 5.32 Å². The van der Waals surface area contributed by atoms with E-state index in [1.54, 1.807) is 0 Å². The monoisotopic (exact) mass is 329 g/mol. The first kappa shape index (κ1) is 18.0. The number of rotatable bonds is 2. The summed E-state index contributed by atoms with van der Waals surface area (Å²) in [4.78, 5) is 17.6. The van der Waals surface area contributed by atoms with E-state index in [0.717, 1.165) is 26.1 Å². The Labute approximate surface area is 141 Å². The fourth-order valence-corrected chi connectivity index (χ4v) is 4.34. The smallest absolute Gasteiger partial charge is 0.240 e. The molecule has 3 fully saturated rings. The third-order valence-electron chi connectivity index (χ3n) is 5.76. The molecule has 5 heteroatoms. The van der Waals surface area contributed by atoms with Crippen molar-refractivity contribution in [3.05, 3.63) is 0 Å². The molecule has 0 aromatic carbocycles. The Balaban J connectivity index is 0.00000176. The lowest BCUT2D eigenvalue weighted by molar-refractivity contribution is -0.136. The molecule has 0 aliphatic carbocycles. The first-order valence-corrected chi connectivity index (χ1v) is 8.84. The first-order chi connectivity index (χ1) is 10.1. The third-order valence-corrected chi connectivity index (χ3v) is 5.76. The molecule has 0 radical (unpaired) electrons. The van der Waals surface area contributed by atoms with E-state index < -0.39 is 0 Å². The second-order valence-corrected chi connectivity index (χ2v) is 7.80. The van der Waals surface area contributed by atoms with Crippen molar-refractivity contribution >= 4 is 18.3 Å². The van der Waals surface area contributed by atoms with E-state index in [0.29, 0.717) is 11.9 Å². The SMILES string of the molecule is CC1(C)CCCNC1C(=O)N1CCC(N2CCCCC2)C1.Cl. The zero-order chi connectivity index (χ0) is 14.9. The lowest BCUT2D eigenvalue weighted by atomic mass is 9.77. The Bertz CT molecular complexity index is 382. The van der Waals surface area contributed by atoms with Crippen LogP contribution in [0.4, 0.5) is 0 Å². The van der Waals surface area contributed by atoms with Gasteiger partial charge in [0.2, 0.25) is 5.91 Å². The molecule has 0 aromatic heterocycles. The molecule has 3 saturated heterocycles. The van der Waals surface area contributed by atoms with Crippen molar-refractivity contribution in [1.29, 1.82) is 0 Å². The third kappa shape index (κ3) is 3.77. The summed E-state index contributed by atoms with van der Waals surface area (Å²) in [5.74, 6) is 0.346. The molecule has 3 rings (SSSR count). The highest BCUT2D eigenvalue weighted by Gasteiger charge is 2.41. The van der Waals surface area contributed by atoms with Gasteiger partial charge in [0.15, 0.2) is 0 Å². The summed E-state index contributed by atoms with van der Waals surface area (Å²) in [6, 6.07) is 0.632. The van der Waals surface area contributed by atoms with Crippen LogP contribution in [0.15, 0.2) is 0 Å². The van der Waals surface area contributed by atoms with Gasteiger partial charge >= 0.3 is 0 Å². The van der Waals surface area contributed by atoms with Crippen LogP contribution in [0.1, 0.15) is 52.4 Å². The van der Waals surface area contributed by atoms with E-state index in [4.69, 9.17) is 0 Å². The zero-order valence-electron chi connectivity index (χ0n) is 14.1. The van der Waals surface area contributed by atoms with Crippen LogP contribution in [-0.2, 0) is 4.79 Å². The number of amides is 1. The Morgan fingerprint density at radius 1 is 1.09 bits per heavy atom. The van der Waals surface area contributed by atoms with Crippen molar-refractivity contribution in [3.63, 3.8) is 0 Å². The van der Waals surface area contributed by atoms with Crippen LogP contribution in [-0.4, -0.2) is 60.5 Å². The molecule has 3 heterocycles. The van der Waals surface area contributed by atoms with Gasteiger partial charge < -0.3 is 10.2 Å². The number of halogens is 1. The minimum absolute atomic E-state index is 0. The number of nitrogens with one attached hydrogen (secondary N) is 1. The number of carbonyl (C=O) groups is 1. The van der Waals surface area contributed by atoms with E-state index in [9.17, 15) is 4.79 Å². The molecule has 3 aliphatic rings. The van der Waals surface area contributed by atoms with Gasteiger partial charge in [-0.3, -0.25) is 9.69 Å². The molecule has 0 aromatic rings. The quantitative estimate of drug-likeness (QED) is 0.844. The number of carbonyl (C=O) groups excluding carboxylic acids is 1. The van der Waals surface area contributed by atoms with Crippen molar-refractivity contribution in [2.75, 3.05) is 32.7 Å². The molecule has 1 amide bonds. The van der Waals surface area contributed by atoms with Gasteiger partial charge in [-0.25, -0.2) is 0 Å². The van der Waals surface area contributed by atoms with Gasteiger partial charge in [-0.15, -0.1) is 12.4 Å². The molecular weight excluding hydrogens is 298 g/mol. The number of hydrogen-bond acceptors (Lipinski definition) is 3. The van der Waals surface area contributed by atoms with E-state index in [1.165, 1.54) is 45.2 Å². The van der Waals surface area contributed by atoms with Crippen molar-refractivity contribution < 1.29 is 4.79 Å². The molecule has 2 unspecified atom stereocenters. The maximum Gasteiger partial charge on any atom is 0.240 e. The van der Waals surface area contributed by atoms with Crippen molar-refractivity contribution in [2.24, 2.45) is 5.41 Å². The normalized spacial score (nSPS) is 32.5. The van der Waals surface area contributed by atoms with Crippen molar-refractivity contribution in [1.82, 2.24) is 15.1 Å². The molecule has 22 heavy (non-hydrogen) atoms. The van der Waals surface area contributed by atoms with Crippen LogP contribution in [0.2, 0.25) is 0 Å². The lowest BCUT2D eigenvalue weighted by Crippen LogP contribution is -2.56. The zero-order valence-corrected chi connectivity index (χ0v) is 15.0. The standard InChI is InChI=1S/C17H31N3O.ClH/c1-17(2)8-6-9-18-15(17)16(21)20-12-7-14(13-20)19-10-4-3-5-11-19;/h14-15,18H,3-13H2,1-2H3;1H. The number of nitrogens with zero attached hydrogens (tertiary/aromatic N) is 2. The van der Waals surface area contributed by atoms with Gasteiger partial charge in [-0.05, 0) is 57.2 Å². The summed E-state index contributed by atoms with van der Waals surface area (Å²) < 4.78 is 0. The summed E-state index contributed by atoms with van der Waals surface area (Å²) in [5, 5.41) is 3.48. The van der Waals surface area contributed by atoms with Gasteiger partial charge in [0, 0.05) is 19.1 Å². The van der Waals surface area contributed by atoms with Gasteiger partial charge in [0.1, 0.15) is 0 Å². The second kappa shape index (κ2) is 7.50. The van der Waals surface area contributed by atoms with E-state index in [-0.39, 0.29) is 23.9 Å². The van der Waals surface area contributed by atoms with Crippen LogP contribution in [0.5, 0.6) is 0 Å². The fraction of sp³-hybridized carbons (Fsp3) is 0.941. The fourth-order valence-electron chi connectivity index (χ4n) is 4.34. The van der Waals surface area contributed by atoms with Crippen LogP contribution in [0.3, 0.4) is 0 Å². The largest absolute Gasteiger partial charge is 0.340 e. The maximum absolute atomic E-state index is 12.9. The number of hydrogen-bond donors (Lipinski definition) is 1. The van der Waals surface area contributed by atoms with E-state index in [1.807, 2.05) is 0 Å². The number of likely N-dealkylation sites (tertiary alicyclic amines) is 2. The first-order valence-electron chi connectivity index (χ1n) is 8.84. The molecule has 128 valence electrons. The molecule has 2 atom stereocenters. The van der Waals surface area contributed by atoms with E-state index >= 15 is 0 Å². The molecular formula is C17H32ClN3O.